The minimum absolute atomic E-state index is 0.543. The molecule has 1 aromatic heterocycles. The second-order valence-corrected chi connectivity index (χ2v) is 2.71. The maximum absolute atomic E-state index is 4.05. The molecule has 1 heterocycles. The molecule has 1 atom stereocenters. The van der Waals surface area contributed by atoms with E-state index in [1.807, 2.05) is 18.3 Å². The molecule has 0 aliphatic carbocycles. The van der Waals surface area contributed by atoms with E-state index < -0.39 is 0 Å². The van der Waals surface area contributed by atoms with Gasteiger partial charge >= 0.3 is 0 Å². The normalized spacial score (nSPS) is 12.5. The summed E-state index contributed by atoms with van der Waals surface area (Å²) < 4.78 is 0. The van der Waals surface area contributed by atoms with Crippen molar-refractivity contribution in [1.29, 1.82) is 0 Å². The highest BCUT2D eigenvalue weighted by molar-refractivity contribution is 5.14. The summed E-state index contributed by atoms with van der Waals surface area (Å²) in [6, 6.07) is 4.07. The van der Waals surface area contributed by atoms with Gasteiger partial charge in [0.05, 0.1) is 0 Å². The zero-order valence-corrected chi connectivity index (χ0v) is 6.83. The van der Waals surface area contributed by atoms with E-state index in [1.165, 1.54) is 5.56 Å². The molecule has 0 saturated heterocycles. The van der Waals surface area contributed by atoms with Crippen LogP contribution in [0.4, 0.5) is 0 Å². The van der Waals surface area contributed by atoms with Crippen molar-refractivity contribution in [2.45, 2.75) is 19.3 Å². The number of pyridine rings is 1. The van der Waals surface area contributed by atoms with Crippen molar-refractivity contribution in [3.05, 3.63) is 42.7 Å². The van der Waals surface area contributed by atoms with Gasteiger partial charge in [-0.1, -0.05) is 19.1 Å². The first-order valence-electron chi connectivity index (χ1n) is 3.85. The van der Waals surface area contributed by atoms with Crippen LogP contribution in [-0.4, -0.2) is 4.98 Å². The molecule has 1 aromatic rings. The molecule has 0 unspecified atom stereocenters. The Morgan fingerprint density at radius 3 is 3.09 bits per heavy atom. The number of rotatable bonds is 3. The smallest absolute Gasteiger partial charge is 0.0302 e. The number of allylic oxidation sites excluding steroid dienone is 1. The van der Waals surface area contributed by atoms with Crippen LogP contribution in [0, 0.1) is 0 Å². The van der Waals surface area contributed by atoms with Gasteiger partial charge in [-0.25, -0.2) is 0 Å². The van der Waals surface area contributed by atoms with E-state index in [-0.39, 0.29) is 0 Å². The van der Waals surface area contributed by atoms with E-state index in [0.717, 1.165) is 6.42 Å². The molecule has 0 fully saturated rings. The molecule has 0 amide bonds. The van der Waals surface area contributed by atoms with Crippen molar-refractivity contribution in [2.75, 3.05) is 0 Å². The van der Waals surface area contributed by atoms with Crippen molar-refractivity contribution in [3.8, 4) is 0 Å². The summed E-state index contributed by atoms with van der Waals surface area (Å²) in [5, 5.41) is 0. The lowest BCUT2D eigenvalue weighted by molar-refractivity contribution is 0.776. The summed E-state index contributed by atoms with van der Waals surface area (Å²) >= 11 is 0. The molecule has 0 spiro atoms. The molecule has 0 bridgehead atoms. The summed E-state index contributed by atoms with van der Waals surface area (Å²) in [6.45, 7) is 5.89. The molecule has 0 saturated carbocycles. The average molecular weight is 147 g/mol. The fourth-order valence-corrected chi connectivity index (χ4v) is 1.05. The number of nitrogens with zero attached hydrogens (tertiary/aromatic N) is 1. The molecule has 0 aliphatic heterocycles. The third-order valence-electron chi connectivity index (χ3n) is 1.77. The van der Waals surface area contributed by atoms with Crippen LogP contribution in [0.15, 0.2) is 37.2 Å². The fourth-order valence-electron chi connectivity index (χ4n) is 1.05. The van der Waals surface area contributed by atoms with Crippen LogP contribution in [0.1, 0.15) is 24.8 Å². The quantitative estimate of drug-likeness (QED) is 0.599. The Kier molecular flexibility index (Phi) is 2.84. The van der Waals surface area contributed by atoms with Crippen LogP contribution in [0.5, 0.6) is 0 Å². The van der Waals surface area contributed by atoms with Gasteiger partial charge in [-0.15, -0.1) is 6.58 Å². The number of hydrogen-bond acceptors (Lipinski definition) is 1. The van der Waals surface area contributed by atoms with Gasteiger partial charge in [0.2, 0.25) is 0 Å². The Morgan fingerprint density at radius 2 is 2.55 bits per heavy atom. The van der Waals surface area contributed by atoms with E-state index in [4.69, 9.17) is 0 Å². The highest BCUT2D eigenvalue weighted by atomic mass is 14.6. The van der Waals surface area contributed by atoms with E-state index >= 15 is 0 Å². The number of hydrogen-bond donors (Lipinski definition) is 0. The standard InChI is InChI=1S/C10H13N/c1-3-5-9(2)10-6-4-7-11-8-10/h3-4,6-9H,1,5H2,2H3/t9-/m1/s1. The van der Waals surface area contributed by atoms with Gasteiger partial charge in [-0.3, -0.25) is 4.98 Å². The van der Waals surface area contributed by atoms with Gasteiger partial charge in [0.25, 0.3) is 0 Å². The van der Waals surface area contributed by atoms with Crippen LogP contribution in [0.25, 0.3) is 0 Å². The molecule has 58 valence electrons. The molecule has 0 N–H and O–H groups in total. The van der Waals surface area contributed by atoms with Crippen LogP contribution in [0.2, 0.25) is 0 Å². The topological polar surface area (TPSA) is 12.9 Å². The Balaban J connectivity index is 2.68. The van der Waals surface area contributed by atoms with Crippen LogP contribution in [-0.2, 0) is 0 Å². The SMILES string of the molecule is C=CC[C@@H](C)c1cccnc1. The number of aromatic nitrogens is 1. The predicted molar refractivity (Wildman–Crippen MR) is 47.5 cm³/mol. The van der Waals surface area contributed by atoms with Gasteiger partial charge in [-0.05, 0) is 24.0 Å². The van der Waals surface area contributed by atoms with Crippen LogP contribution < -0.4 is 0 Å². The summed E-state index contributed by atoms with van der Waals surface area (Å²) in [5.41, 5.74) is 1.28. The Labute approximate surface area is 67.8 Å². The van der Waals surface area contributed by atoms with E-state index in [2.05, 4.69) is 24.6 Å². The first-order valence-corrected chi connectivity index (χ1v) is 3.85. The predicted octanol–water partition coefficient (Wildman–Crippen LogP) is 2.76. The molecule has 1 heteroatoms. The Hall–Kier alpha value is -1.11. The lowest BCUT2D eigenvalue weighted by Crippen LogP contribution is -1.91. The maximum atomic E-state index is 4.05. The zero-order valence-electron chi connectivity index (χ0n) is 6.83. The van der Waals surface area contributed by atoms with Crippen molar-refractivity contribution in [1.82, 2.24) is 4.98 Å². The summed E-state index contributed by atoms with van der Waals surface area (Å²) in [4.78, 5) is 4.05. The van der Waals surface area contributed by atoms with Crippen molar-refractivity contribution in [2.24, 2.45) is 0 Å². The largest absolute Gasteiger partial charge is 0.264 e. The third kappa shape index (κ3) is 2.19. The average Bonchev–Trinajstić information content (AvgIpc) is 2.07. The molecular formula is C10H13N. The highest BCUT2D eigenvalue weighted by Gasteiger charge is 2.00. The van der Waals surface area contributed by atoms with Gasteiger partial charge < -0.3 is 0 Å². The van der Waals surface area contributed by atoms with Crippen molar-refractivity contribution < 1.29 is 0 Å². The lowest BCUT2D eigenvalue weighted by Gasteiger charge is -2.06. The zero-order chi connectivity index (χ0) is 8.10. The van der Waals surface area contributed by atoms with Gasteiger partial charge in [0.1, 0.15) is 0 Å². The van der Waals surface area contributed by atoms with Crippen LogP contribution in [0.3, 0.4) is 0 Å². The minimum Gasteiger partial charge on any atom is -0.264 e. The van der Waals surface area contributed by atoms with Gasteiger partial charge in [0.15, 0.2) is 0 Å². The van der Waals surface area contributed by atoms with Crippen molar-refractivity contribution >= 4 is 0 Å². The van der Waals surface area contributed by atoms with E-state index in [0.29, 0.717) is 5.92 Å². The van der Waals surface area contributed by atoms with E-state index in [1.54, 1.807) is 6.20 Å². The second-order valence-electron chi connectivity index (χ2n) is 2.71. The summed E-state index contributed by atoms with van der Waals surface area (Å²) in [6.07, 6.45) is 6.67. The monoisotopic (exact) mass is 147 g/mol. The molecule has 0 radical (unpaired) electrons. The second kappa shape index (κ2) is 3.91. The van der Waals surface area contributed by atoms with E-state index in [9.17, 15) is 0 Å². The van der Waals surface area contributed by atoms with Gasteiger partial charge in [-0.2, -0.15) is 0 Å². The molecule has 1 nitrogen and oxygen atoms in total. The first kappa shape index (κ1) is 7.99. The highest BCUT2D eigenvalue weighted by Crippen LogP contribution is 2.16. The molecule has 0 aliphatic rings. The lowest BCUT2D eigenvalue weighted by atomic mass is 10.0. The maximum Gasteiger partial charge on any atom is 0.0302 e. The Bertz CT molecular complexity index is 216. The van der Waals surface area contributed by atoms with Crippen molar-refractivity contribution in [3.63, 3.8) is 0 Å². The van der Waals surface area contributed by atoms with Crippen LogP contribution >= 0.6 is 0 Å². The summed E-state index contributed by atoms with van der Waals surface area (Å²) in [7, 11) is 0. The molecule has 11 heavy (non-hydrogen) atoms. The molecule has 1 rings (SSSR count). The fraction of sp³-hybridized carbons (Fsp3) is 0.300. The molecular weight excluding hydrogens is 134 g/mol. The minimum atomic E-state index is 0.543. The third-order valence-corrected chi connectivity index (χ3v) is 1.77. The molecule has 0 aromatic carbocycles. The van der Waals surface area contributed by atoms with Gasteiger partial charge in [0, 0.05) is 12.4 Å². The first-order chi connectivity index (χ1) is 5.34. The Morgan fingerprint density at radius 1 is 1.73 bits per heavy atom. The summed E-state index contributed by atoms with van der Waals surface area (Å²) in [5.74, 6) is 0.543.